The van der Waals surface area contributed by atoms with Crippen LogP contribution in [0.15, 0.2) is 36.4 Å². The van der Waals surface area contributed by atoms with E-state index in [4.69, 9.17) is 5.73 Å². The van der Waals surface area contributed by atoms with Crippen LogP contribution in [0, 0.1) is 18.6 Å². The summed E-state index contributed by atoms with van der Waals surface area (Å²) in [7, 11) is 0. The van der Waals surface area contributed by atoms with Crippen molar-refractivity contribution in [2.24, 2.45) is 0 Å². The molecular formula is C14H11F2N5. The van der Waals surface area contributed by atoms with Gasteiger partial charge in [-0.1, -0.05) is 12.1 Å². The molecule has 0 atom stereocenters. The quantitative estimate of drug-likeness (QED) is 0.735. The molecule has 1 heterocycles. The van der Waals surface area contributed by atoms with Crippen molar-refractivity contribution in [1.29, 1.82) is 0 Å². The predicted molar refractivity (Wildman–Crippen MR) is 73.7 cm³/mol. The van der Waals surface area contributed by atoms with E-state index in [1.807, 2.05) is 19.1 Å². The summed E-state index contributed by atoms with van der Waals surface area (Å²) in [5.41, 5.74) is 8.20. The monoisotopic (exact) mass is 287 g/mol. The molecule has 106 valence electrons. The van der Waals surface area contributed by atoms with Crippen LogP contribution in [0.25, 0.3) is 17.1 Å². The van der Waals surface area contributed by atoms with E-state index in [1.165, 1.54) is 4.68 Å². The number of aryl methyl sites for hydroxylation is 1. The first kappa shape index (κ1) is 13.2. The molecule has 3 rings (SSSR count). The number of halogens is 2. The lowest BCUT2D eigenvalue weighted by molar-refractivity contribution is 0.579. The maximum Gasteiger partial charge on any atom is 0.189 e. The Bertz CT molecular complexity index is 793. The van der Waals surface area contributed by atoms with Gasteiger partial charge in [0.15, 0.2) is 5.82 Å². The van der Waals surface area contributed by atoms with Crippen LogP contribution in [-0.4, -0.2) is 20.2 Å². The molecule has 0 fully saturated rings. The van der Waals surface area contributed by atoms with Crippen molar-refractivity contribution in [3.05, 3.63) is 53.6 Å². The first-order valence-corrected chi connectivity index (χ1v) is 6.16. The fraction of sp³-hybridized carbons (Fsp3) is 0.0714. The lowest BCUT2D eigenvalue weighted by Crippen LogP contribution is -2.03. The number of nitrogen functional groups attached to an aromatic ring is 1. The molecule has 0 saturated heterocycles. The molecule has 0 unspecified atom stereocenters. The van der Waals surface area contributed by atoms with Gasteiger partial charge in [-0.3, -0.25) is 0 Å². The van der Waals surface area contributed by atoms with Crippen molar-refractivity contribution in [3.63, 3.8) is 0 Å². The Hall–Kier alpha value is -2.83. The molecule has 2 N–H and O–H groups in total. The molecule has 7 heteroatoms. The molecule has 0 bridgehead atoms. The van der Waals surface area contributed by atoms with E-state index in [-0.39, 0.29) is 5.69 Å². The van der Waals surface area contributed by atoms with Gasteiger partial charge in [-0.2, -0.15) is 4.68 Å². The van der Waals surface area contributed by atoms with Crippen LogP contribution in [0.2, 0.25) is 0 Å². The number of hydrogen-bond acceptors (Lipinski definition) is 4. The van der Waals surface area contributed by atoms with E-state index in [2.05, 4.69) is 15.5 Å². The van der Waals surface area contributed by atoms with E-state index < -0.39 is 11.6 Å². The summed E-state index contributed by atoms with van der Waals surface area (Å²) in [6.45, 7) is 1.86. The Morgan fingerprint density at radius 1 is 1.10 bits per heavy atom. The third kappa shape index (κ3) is 2.33. The van der Waals surface area contributed by atoms with Gasteiger partial charge in [-0.15, -0.1) is 5.10 Å². The minimum absolute atomic E-state index is 0.188. The summed E-state index contributed by atoms with van der Waals surface area (Å²) >= 11 is 0. The first-order valence-electron chi connectivity index (χ1n) is 6.16. The minimum Gasteiger partial charge on any atom is -0.398 e. The topological polar surface area (TPSA) is 69.6 Å². The summed E-state index contributed by atoms with van der Waals surface area (Å²) in [4.78, 5) is 0. The van der Waals surface area contributed by atoms with Crippen LogP contribution in [0.3, 0.4) is 0 Å². The van der Waals surface area contributed by atoms with Gasteiger partial charge in [0.05, 0.1) is 5.69 Å². The fourth-order valence-electron chi connectivity index (χ4n) is 2.07. The molecule has 5 nitrogen and oxygen atoms in total. The summed E-state index contributed by atoms with van der Waals surface area (Å²) < 4.78 is 27.9. The smallest absolute Gasteiger partial charge is 0.189 e. The van der Waals surface area contributed by atoms with Crippen molar-refractivity contribution in [2.45, 2.75) is 6.92 Å². The van der Waals surface area contributed by atoms with E-state index in [0.717, 1.165) is 23.8 Å². The fourth-order valence-corrected chi connectivity index (χ4v) is 2.07. The van der Waals surface area contributed by atoms with Gasteiger partial charge in [0, 0.05) is 17.3 Å². The highest BCUT2D eigenvalue weighted by atomic mass is 19.1. The van der Waals surface area contributed by atoms with E-state index in [0.29, 0.717) is 17.1 Å². The van der Waals surface area contributed by atoms with E-state index in [1.54, 1.807) is 6.07 Å². The number of hydrogen-bond donors (Lipinski definition) is 1. The molecule has 0 aliphatic heterocycles. The van der Waals surface area contributed by atoms with Gasteiger partial charge in [-0.25, -0.2) is 8.78 Å². The Morgan fingerprint density at radius 3 is 2.52 bits per heavy atom. The average Bonchev–Trinajstić information content (AvgIpc) is 2.90. The molecule has 0 aliphatic carbocycles. The van der Waals surface area contributed by atoms with Gasteiger partial charge < -0.3 is 5.73 Å². The highest BCUT2D eigenvalue weighted by molar-refractivity contribution is 5.74. The van der Waals surface area contributed by atoms with E-state index in [9.17, 15) is 8.78 Å². The molecule has 2 aromatic carbocycles. The number of para-hydroxylation sites is 1. The molecule has 0 spiro atoms. The first-order chi connectivity index (χ1) is 10.1. The van der Waals surface area contributed by atoms with Crippen molar-refractivity contribution in [2.75, 3.05) is 5.73 Å². The molecule has 0 saturated carbocycles. The van der Waals surface area contributed by atoms with Gasteiger partial charge in [0.1, 0.15) is 11.6 Å². The molecule has 0 aliphatic rings. The molecular weight excluding hydrogens is 276 g/mol. The van der Waals surface area contributed by atoms with Gasteiger partial charge in [-0.05, 0) is 41.1 Å². The zero-order valence-corrected chi connectivity index (χ0v) is 11.1. The molecule has 1 aromatic heterocycles. The normalized spacial score (nSPS) is 10.8. The van der Waals surface area contributed by atoms with Crippen molar-refractivity contribution < 1.29 is 8.78 Å². The second-order valence-electron chi connectivity index (χ2n) is 4.58. The van der Waals surface area contributed by atoms with Crippen molar-refractivity contribution in [1.82, 2.24) is 20.2 Å². The van der Waals surface area contributed by atoms with Crippen LogP contribution >= 0.6 is 0 Å². The van der Waals surface area contributed by atoms with Gasteiger partial charge in [0.25, 0.3) is 0 Å². The SMILES string of the molecule is Cc1cccc(-c2nnnn2-c2cc(F)cc(F)c2)c1N. The number of aromatic nitrogens is 4. The number of tetrazole rings is 1. The van der Waals surface area contributed by atoms with E-state index >= 15 is 0 Å². The maximum absolute atomic E-state index is 13.4. The lowest BCUT2D eigenvalue weighted by atomic mass is 10.1. The predicted octanol–water partition coefficient (Wildman–Crippen LogP) is 2.50. The van der Waals surface area contributed by atoms with Crippen LogP contribution in [0.1, 0.15) is 5.56 Å². The van der Waals surface area contributed by atoms with Crippen molar-refractivity contribution >= 4 is 5.69 Å². The molecule has 0 radical (unpaired) electrons. The number of anilines is 1. The number of nitrogens with zero attached hydrogens (tertiary/aromatic N) is 4. The Balaban J connectivity index is 2.19. The summed E-state index contributed by atoms with van der Waals surface area (Å²) in [6, 6.07) is 8.50. The Kier molecular flexibility index (Phi) is 3.09. The minimum atomic E-state index is -0.705. The molecule has 3 aromatic rings. The average molecular weight is 287 g/mol. The summed E-state index contributed by atoms with van der Waals surface area (Å²) in [6.07, 6.45) is 0. The highest BCUT2D eigenvalue weighted by Crippen LogP contribution is 2.27. The number of rotatable bonds is 2. The summed E-state index contributed by atoms with van der Waals surface area (Å²) in [5, 5.41) is 11.3. The standard InChI is InChI=1S/C14H11F2N5/c1-8-3-2-4-12(13(8)17)14-18-19-20-21(14)11-6-9(15)5-10(16)7-11/h2-7H,17H2,1H3. The Morgan fingerprint density at radius 2 is 1.81 bits per heavy atom. The molecule has 21 heavy (non-hydrogen) atoms. The summed E-state index contributed by atoms with van der Waals surface area (Å²) in [5.74, 6) is -1.09. The highest BCUT2D eigenvalue weighted by Gasteiger charge is 2.15. The zero-order chi connectivity index (χ0) is 15.0. The zero-order valence-electron chi connectivity index (χ0n) is 11.1. The second-order valence-corrected chi connectivity index (χ2v) is 4.58. The van der Waals surface area contributed by atoms with Crippen LogP contribution in [-0.2, 0) is 0 Å². The van der Waals surface area contributed by atoms with Crippen LogP contribution < -0.4 is 5.73 Å². The van der Waals surface area contributed by atoms with Gasteiger partial charge in [0.2, 0.25) is 0 Å². The third-order valence-corrected chi connectivity index (χ3v) is 3.13. The van der Waals surface area contributed by atoms with Crippen LogP contribution in [0.5, 0.6) is 0 Å². The third-order valence-electron chi connectivity index (χ3n) is 3.13. The maximum atomic E-state index is 13.4. The number of nitrogens with two attached hydrogens (primary N) is 1. The van der Waals surface area contributed by atoms with Crippen LogP contribution in [0.4, 0.5) is 14.5 Å². The lowest BCUT2D eigenvalue weighted by Gasteiger charge is -2.09. The number of benzene rings is 2. The van der Waals surface area contributed by atoms with Crippen molar-refractivity contribution in [3.8, 4) is 17.1 Å². The second kappa shape index (κ2) is 4.93. The van der Waals surface area contributed by atoms with Gasteiger partial charge >= 0.3 is 0 Å². The Labute approximate surface area is 119 Å². The molecule has 0 amide bonds. The largest absolute Gasteiger partial charge is 0.398 e.